The van der Waals surface area contributed by atoms with E-state index in [4.69, 9.17) is 9.47 Å². The lowest BCUT2D eigenvalue weighted by molar-refractivity contribution is 0.109. The summed E-state index contributed by atoms with van der Waals surface area (Å²) in [5.74, 6) is 0.730. The Kier molecular flexibility index (Phi) is 12.2. The van der Waals surface area contributed by atoms with Crippen LogP contribution in [0.2, 0.25) is 0 Å². The Morgan fingerprint density at radius 2 is 1.53 bits per heavy atom. The smallest absolute Gasteiger partial charge is 0.0593 e. The van der Waals surface area contributed by atoms with Crippen molar-refractivity contribution in [2.24, 2.45) is 5.92 Å². The van der Waals surface area contributed by atoms with E-state index in [-0.39, 0.29) is 0 Å². The number of nitrogens with zero attached hydrogens (tertiary/aromatic N) is 1. The lowest BCUT2D eigenvalue weighted by atomic mass is 10.1. The molecule has 1 N–H and O–H groups in total. The number of ether oxygens (including phenoxy) is 2. The number of hydrogen-bond donors (Lipinski definition) is 1. The zero-order chi connectivity index (χ0) is 12.9. The van der Waals surface area contributed by atoms with E-state index in [9.17, 15) is 0 Å². The first-order valence-corrected chi connectivity index (χ1v) is 6.64. The predicted octanol–water partition coefficient (Wildman–Crippen LogP) is 1.22. The average molecular weight is 246 g/mol. The first-order valence-electron chi connectivity index (χ1n) is 6.64. The summed E-state index contributed by atoms with van der Waals surface area (Å²) < 4.78 is 11.0. The molecule has 104 valence electrons. The molecule has 0 radical (unpaired) electrons. The monoisotopic (exact) mass is 246 g/mol. The molecule has 0 aliphatic carbocycles. The van der Waals surface area contributed by atoms with Crippen LogP contribution in [0.25, 0.3) is 0 Å². The maximum Gasteiger partial charge on any atom is 0.0593 e. The summed E-state index contributed by atoms with van der Waals surface area (Å²) in [6.45, 7) is 10.5. The maximum atomic E-state index is 5.49. The summed E-state index contributed by atoms with van der Waals surface area (Å²) in [7, 11) is 4.10. The van der Waals surface area contributed by atoms with Crippen molar-refractivity contribution in [2.75, 3.05) is 60.2 Å². The third kappa shape index (κ3) is 15.8. The largest absolute Gasteiger partial charge is 0.380 e. The molecule has 0 unspecified atom stereocenters. The Morgan fingerprint density at radius 3 is 2.06 bits per heavy atom. The van der Waals surface area contributed by atoms with Gasteiger partial charge in [-0.15, -0.1) is 0 Å². The van der Waals surface area contributed by atoms with Crippen molar-refractivity contribution >= 4 is 0 Å². The molecule has 17 heavy (non-hydrogen) atoms. The Morgan fingerprint density at radius 1 is 0.941 bits per heavy atom. The van der Waals surface area contributed by atoms with Gasteiger partial charge in [-0.1, -0.05) is 13.8 Å². The third-order valence-corrected chi connectivity index (χ3v) is 2.37. The van der Waals surface area contributed by atoms with Crippen molar-refractivity contribution in [3.8, 4) is 0 Å². The van der Waals surface area contributed by atoms with E-state index in [1.54, 1.807) is 0 Å². The molecule has 0 aliphatic rings. The molecule has 0 spiro atoms. The molecule has 0 aromatic rings. The number of hydrogen-bond acceptors (Lipinski definition) is 4. The zero-order valence-electron chi connectivity index (χ0n) is 12.0. The zero-order valence-corrected chi connectivity index (χ0v) is 12.0. The normalized spacial score (nSPS) is 11.6. The second-order valence-electron chi connectivity index (χ2n) is 4.96. The highest BCUT2D eigenvalue weighted by Crippen LogP contribution is 1.98. The number of nitrogens with one attached hydrogen (secondary N) is 1. The molecular formula is C13H30N2O2. The molecule has 0 saturated heterocycles. The number of likely N-dealkylation sites (N-methyl/N-ethyl adjacent to an activating group) is 1. The van der Waals surface area contributed by atoms with Gasteiger partial charge in [0.25, 0.3) is 0 Å². The van der Waals surface area contributed by atoms with Crippen molar-refractivity contribution in [1.29, 1.82) is 0 Å². The van der Waals surface area contributed by atoms with Gasteiger partial charge in [-0.05, 0) is 26.4 Å². The van der Waals surface area contributed by atoms with E-state index in [2.05, 4.69) is 38.2 Å². The van der Waals surface area contributed by atoms with Crippen LogP contribution in [0.5, 0.6) is 0 Å². The van der Waals surface area contributed by atoms with Gasteiger partial charge < -0.3 is 19.7 Å². The SMILES string of the molecule is CC(C)CCOCCNCCOCCN(C)C. The van der Waals surface area contributed by atoms with Crippen LogP contribution in [0.4, 0.5) is 0 Å². The quantitative estimate of drug-likeness (QED) is 0.525. The summed E-state index contributed by atoms with van der Waals surface area (Å²) in [5, 5.41) is 3.30. The van der Waals surface area contributed by atoms with Crippen LogP contribution in [-0.4, -0.2) is 65.1 Å². The molecule has 4 heteroatoms. The molecular weight excluding hydrogens is 216 g/mol. The van der Waals surface area contributed by atoms with Crippen LogP contribution in [0.3, 0.4) is 0 Å². The second kappa shape index (κ2) is 12.3. The maximum absolute atomic E-state index is 5.49. The van der Waals surface area contributed by atoms with Gasteiger partial charge in [-0.25, -0.2) is 0 Å². The second-order valence-corrected chi connectivity index (χ2v) is 4.96. The van der Waals surface area contributed by atoms with Crippen molar-refractivity contribution in [2.45, 2.75) is 20.3 Å². The van der Waals surface area contributed by atoms with Crippen molar-refractivity contribution < 1.29 is 9.47 Å². The predicted molar refractivity (Wildman–Crippen MR) is 72.5 cm³/mol. The highest BCUT2D eigenvalue weighted by Gasteiger charge is 1.94. The Balaban J connectivity index is 2.94. The fraction of sp³-hybridized carbons (Fsp3) is 1.00. The fourth-order valence-corrected chi connectivity index (χ4v) is 1.18. The van der Waals surface area contributed by atoms with Gasteiger partial charge >= 0.3 is 0 Å². The average Bonchev–Trinajstić information content (AvgIpc) is 2.25. The molecule has 0 rings (SSSR count). The summed E-state index contributed by atoms with van der Waals surface area (Å²) in [4.78, 5) is 2.12. The van der Waals surface area contributed by atoms with Crippen molar-refractivity contribution in [3.63, 3.8) is 0 Å². The van der Waals surface area contributed by atoms with Crippen LogP contribution in [-0.2, 0) is 9.47 Å². The molecule has 0 fully saturated rings. The minimum atomic E-state index is 0.730. The Hall–Kier alpha value is -0.160. The van der Waals surface area contributed by atoms with Gasteiger partial charge in [0.2, 0.25) is 0 Å². The molecule has 0 aromatic heterocycles. The van der Waals surface area contributed by atoms with E-state index in [1.807, 2.05) is 0 Å². The van der Waals surface area contributed by atoms with Gasteiger partial charge in [0.1, 0.15) is 0 Å². The van der Waals surface area contributed by atoms with Crippen LogP contribution in [0, 0.1) is 5.92 Å². The van der Waals surface area contributed by atoms with Gasteiger partial charge in [0, 0.05) is 26.2 Å². The van der Waals surface area contributed by atoms with Crippen molar-refractivity contribution in [1.82, 2.24) is 10.2 Å². The summed E-state index contributed by atoms with van der Waals surface area (Å²) >= 11 is 0. The molecule has 0 saturated carbocycles. The van der Waals surface area contributed by atoms with E-state index >= 15 is 0 Å². The van der Waals surface area contributed by atoms with Crippen LogP contribution < -0.4 is 5.32 Å². The van der Waals surface area contributed by atoms with E-state index < -0.39 is 0 Å². The molecule has 4 nitrogen and oxygen atoms in total. The van der Waals surface area contributed by atoms with Gasteiger partial charge in [0.05, 0.1) is 19.8 Å². The van der Waals surface area contributed by atoms with Gasteiger partial charge in [0.15, 0.2) is 0 Å². The summed E-state index contributed by atoms with van der Waals surface area (Å²) in [6, 6.07) is 0. The molecule has 0 amide bonds. The first-order chi connectivity index (χ1) is 8.13. The highest BCUT2D eigenvalue weighted by atomic mass is 16.5. The molecule has 0 heterocycles. The third-order valence-electron chi connectivity index (χ3n) is 2.37. The van der Waals surface area contributed by atoms with Crippen LogP contribution >= 0.6 is 0 Å². The topological polar surface area (TPSA) is 33.7 Å². The minimum Gasteiger partial charge on any atom is -0.380 e. The molecule has 0 atom stereocenters. The molecule has 0 aromatic carbocycles. The summed E-state index contributed by atoms with van der Waals surface area (Å²) in [6.07, 6.45) is 1.15. The van der Waals surface area contributed by atoms with E-state index in [0.717, 1.165) is 58.4 Å². The van der Waals surface area contributed by atoms with Gasteiger partial charge in [-0.2, -0.15) is 0 Å². The van der Waals surface area contributed by atoms with E-state index in [1.165, 1.54) is 0 Å². The van der Waals surface area contributed by atoms with Crippen LogP contribution in [0.1, 0.15) is 20.3 Å². The summed E-state index contributed by atoms with van der Waals surface area (Å²) in [5.41, 5.74) is 0. The fourth-order valence-electron chi connectivity index (χ4n) is 1.18. The highest BCUT2D eigenvalue weighted by molar-refractivity contribution is 4.47. The minimum absolute atomic E-state index is 0.730. The number of rotatable bonds is 12. The standard InChI is InChI=1S/C13H30N2O2/c1-13(2)5-9-16-10-6-14-7-11-17-12-8-15(3)4/h13-14H,5-12H2,1-4H3. The lowest BCUT2D eigenvalue weighted by Gasteiger charge is -2.10. The first kappa shape index (κ1) is 16.8. The Labute approximate surface area is 107 Å². The Bertz CT molecular complexity index is 136. The van der Waals surface area contributed by atoms with Crippen molar-refractivity contribution in [3.05, 3.63) is 0 Å². The molecule has 0 aliphatic heterocycles. The van der Waals surface area contributed by atoms with Crippen LogP contribution in [0.15, 0.2) is 0 Å². The lowest BCUT2D eigenvalue weighted by Crippen LogP contribution is -2.26. The molecule has 0 bridgehead atoms. The van der Waals surface area contributed by atoms with E-state index in [0.29, 0.717) is 0 Å². The van der Waals surface area contributed by atoms with Gasteiger partial charge in [-0.3, -0.25) is 0 Å².